The number of nitrogens with zero attached hydrogens (tertiary/aromatic N) is 3. The monoisotopic (exact) mass is 658 g/mol. The molecule has 3 aromatic carbocycles. The summed E-state index contributed by atoms with van der Waals surface area (Å²) in [6, 6.07) is 21.6. The van der Waals surface area contributed by atoms with Crippen LogP contribution in [0.15, 0.2) is 90.0 Å². The number of amides is 2. The topological polar surface area (TPSA) is 155 Å². The molecule has 2 aromatic heterocycles. The average Bonchev–Trinajstić information content (AvgIpc) is 3.34. The van der Waals surface area contributed by atoms with Crippen molar-refractivity contribution in [1.82, 2.24) is 19.3 Å². The van der Waals surface area contributed by atoms with Gasteiger partial charge in [-0.2, -0.15) is 0 Å². The number of carboxylic acid groups (broad SMARTS) is 1. The van der Waals surface area contributed by atoms with E-state index in [-0.39, 0.29) is 27.9 Å². The molecule has 6 rings (SSSR count). The molecular formula is C33H31ClN6O5S. The van der Waals surface area contributed by atoms with E-state index in [4.69, 9.17) is 21.7 Å². The molecule has 1 aliphatic rings. The fourth-order valence-electron chi connectivity index (χ4n) is 5.99. The van der Waals surface area contributed by atoms with Crippen LogP contribution in [-0.2, 0) is 10.0 Å². The molecule has 0 radical (unpaired) electrons. The molecule has 11 nitrogen and oxygen atoms in total. The van der Waals surface area contributed by atoms with Crippen LogP contribution in [0.1, 0.15) is 41.7 Å². The SMILES string of the molecule is Cc1c(-c2nc(N[C@@H]3CCC[C@H](NC(=O)c4ccc(NC(=O)O)cc4)C3)ncc2Cl)c2ccccc2n1S(=O)(=O)c1ccccc1. The zero-order valence-corrected chi connectivity index (χ0v) is 26.3. The summed E-state index contributed by atoms with van der Waals surface area (Å²) in [7, 11) is -3.92. The lowest BCUT2D eigenvalue weighted by atomic mass is 9.91. The third kappa shape index (κ3) is 6.26. The van der Waals surface area contributed by atoms with Crippen molar-refractivity contribution >= 4 is 56.2 Å². The van der Waals surface area contributed by atoms with Crippen molar-refractivity contribution < 1.29 is 23.1 Å². The molecule has 13 heteroatoms. The highest BCUT2D eigenvalue weighted by Crippen LogP contribution is 2.39. The van der Waals surface area contributed by atoms with E-state index >= 15 is 0 Å². The van der Waals surface area contributed by atoms with Gasteiger partial charge in [-0.3, -0.25) is 10.1 Å². The minimum Gasteiger partial charge on any atom is -0.465 e. The third-order valence-electron chi connectivity index (χ3n) is 8.06. The molecule has 2 amide bonds. The molecule has 2 atom stereocenters. The van der Waals surface area contributed by atoms with E-state index in [0.29, 0.717) is 51.5 Å². The zero-order valence-electron chi connectivity index (χ0n) is 24.8. The van der Waals surface area contributed by atoms with E-state index in [1.54, 1.807) is 73.7 Å². The van der Waals surface area contributed by atoms with Gasteiger partial charge in [-0.05, 0) is 75.1 Å². The predicted octanol–water partition coefficient (Wildman–Crippen LogP) is 6.54. The Morgan fingerprint density at radius 2 is 1.65 bits per heavy atom. The van der Waals surface area contributed by atoms with E-state index in [2.05, 4.69) is 20.9 Å². The Hall–Kier alpha value is -4.94. The molecule has 0 unspecified atom stereocenters. The van der Waals surface area contributed by atoms with Gasteiger partial charge in [0.15, 0.2) is 0 Å². The van der Waals surface area contributed by atoms with Crippen molar-refractivity contribution in [1.29, 1.82) is 0 Å². The summed E-state index contributed by atoms with van der Waals surface area (Å²) < 4.78 is 29.0. The van der Waals surface area contributed by atoms with Crippen LogP contribution in [0.4, 0.5) is 16.4 Å². The number of para-hydroxylation sites is 1. The number of benzene rings is 3. The van der Waals surface area contributed by atoms with Gasteiger partial charge in [-0.1, -0.05) is 48.0 Å². The first-order valence-electron chi connectivity index (χ1n) is 14.7. The predicted molar refractivity (Wildman–Crippen MR) is 177 cm³/mol. The first kappa shape index (κ1) is 31.1. The summed E-state index contributed by atoms with van der Waals surface area (Å²) in [6.45, 7) is 1.74. The fraction of sp³-hybridized carbons (Fsp3) is 0.212. The number of fused-ring (bicyclic) bond motifs is 1. The van der Waals surface area contributed by atoms with E-state index < -0.39 is 16.1 Å². The molecule has 2 heterocycles. The van der Waals surface area contributed by atoms with Crippen LogP contribution in [0, 0.1) is 6.92 Å². The molecular weight excluding hydrogens is 628 g/mol. The van der Waals surface area contributed by atoms with Crippen LogP contribution < -0.4 is 16.0 Å². The van der Waals surface area contributed by atoms with Crippen molar-refractivity contribution in [3.8, 4) is 11.3 Å². The Balaban J connectivity index is 1.23. The Morgan fingerprint density at radius 3 is 2.39 bits per heavy atom. The minimum absolute atomic E-state index is 0.0314. The lowest BCUT2D eigenvalue weighted by Gasteiger charge is -2.30. The smallest absolute Gasteiger partial charge is 0.409 e. The maximum absolute atomic E-state index is 13.8. The number of rotatable bonds is 8. The third-order valence-corrected chi connectivity index (χ3v) is 10.2. The summed E-state index contributed by atoms with van der Waals surface area (Å²) >= 11 is 6.67. The van der Waals surface area contributed by atoms with Gasteiger partial charge in [0.1, 0.15) is 0 Å². The van der Waals surface area contributed by atoms with Crippen LogP contribution in [-0.4, -0.2) is 51.5 Å². The number of aromatic nitrogens is 3. The van der Waals surface area contributed by atoms with Gasteiger partial charge in [0.25, 0.3) is 15.9 Å². The van der Waals surface area contributed by atoms with E-state index in [1.165, 1.54) is 10.2 Å². The van der Waals surface area contributed by atoms with E-state index in [9.17, 15) is 18.0 Å². The second-order valence-corrected chi connectivity index (χ2v) is 13.3. The highest BCUT2D eigenvalue weighted by atomic mass is 35.5. The van der Waals surface area contributed by atoms with Crippen LogP contribution in [0.2, 0.25) is 5.02 Å². The number of hydrogen-bond donors (Lipinski definition) is 4. The number of carbonyl (C=O) groups excluding carboxylic acids is 1. The number of halogens is 1. The molecule has 0 saturated heterocycles. The van der Waals surface area contributed by atoms with Crippen LogP contribution in [0.3, 0.4) is 0 Å². The summed E-state index contributed by atoms with van der Waals surface area (Å²) in [5, 5.41) is 18.6. The summed E-state index contributed by atoms with van der Waals surface area (Å²) in [6.07, 6.45) is 3.50. The molecule has 1 aliphatic carbocycles. The summed E-state index contributed by atoms with van der Waals surface area (Å²) in [5.74, 6) is 0.106. The molecule has 46 heavy (non-hydrogen) atoms. The van der Waals surface area contributed by atoms with Crippen molar-refractivity contribution in [3.63, 3.8) is 0 Å². The molecule has 0 aliphatic heterocycles. The van der Waals surface area contributed by atoms with Crippen molar-refractivity contribution in [2.24, 2.45) is 0 Å². The minimum atomic E-state index is -3.92. The summed E-state index contributed by atoms with van der Waals surface area (Å²) in [4.78, 5) is 33.1. The largest absolute Gasteiger partial charge is 0.465 e. The van der Waals surface area contributed by atoms with Crippen molar-refractivity contribution in [2.45, 2.75) is 49.6 Å². The molecule has 4 N–H and O–H groups in total. The first-order valence-corrected chi connectivity index (χ1v) is 16.5. The zero-order chi connectivity index (χ0) is 32.4. The van der Waals surface area contributed by atoms with Gasteiger partial charge < -0.3 is 15.7 Å². The van der Waals surface area contributed by atoms with Gasteiger partial charge in [0.05, 0.1) is 27.3 Å². The number of nitrogens with one attached hydrogen (secondary N) is 3. The molecule has 236 valence electrons. The number of carbonyl (C=O) groups is 2. The van der Waals surface area contributed by atoms with Gasteiger partial charge in [0.2, 0.25) is 5.95 Å². The average molecular weight is 659 g/mol. The van der Waals surface area contributed by atoms with Gasteiger partial charge in [0, 0.05) is 40.0 Å². The summed E-state index contributed by atoms with van der Waals surface area (Å²) in [5.41, 5.74) is 2.82. The Bertz CT molecular complexity index is 2030. The maximum Gasteiger partial charge on any atom is 0.409 e. The lowest BCUT2D eigenvalue weighted by Crippen LogP contribution is -2.42. The molecule has 1 saturated carbocycles. The molecule has 1 fully saturated rings. The first-order chi connectivity index (χ1) is 22.1. The van der Waals surface area contributed by atoms with Gasteiger partial charge in [-0.15, -0.1) is 0 Å². The van der Waals surface area contributed by atoms with Crippen LogP contribution >= 0.6 is 11.6 Å². The fourth-order valence-corrected chi connectivity index (χ4v) is 7.76. The molecule has 0 spiro atoms. The van der Waals surface area contributed by atoms with Crippen molar-refractivity contribution in [2.75, 3.05) is 10.6 Å². The molecule has 5 aromatic rings. The highest BCUT2D eigenvalue weighted by Gasteiger charge is 2.28. The quantitative estimate of drug-likeness (QED) is 0.146. The highest BCUT2D eigenvalue weighted by molar-refractivity contribution is 7.90. The number of hydrogen-bond acceptors (Lipinski definition) is 7. The van der Waals surface area contributed by atoms with Crippen LogP contribution in [0.5, 0.6) is 0 Å². The maximum atomic E-state index is 13.8. The van der Waals surface area contributed by atoms with Gasteiger partial charge >= 0.3 is 6.09 Å². The Morgan fingerprint density at radius 1 is 0.957 bits per heavy atom. The molecule has 0 bridgehead atoms. The lowest BCUT2D eigenvalue weighted by molar-refractivity contribution is 0.0926. The van der Waals surface area contributed by atoms with Crippen LogP contribution in [0.25, 0.3) is 22.2 Å². The van der Waals surface area contributed by atoms with E-state index in [1.807, 2.05) is 12.1 Å². The normalized spacial score (nSPS) is 16.6. The van der Waals surface area contributed by atoms with Gasteiger partial charge in [-0.25, -0.2) is 27.2 Å². The Kier molecular flexibility index (Phi) is 8.65. The standard InChI is InChI=1S/C33H31ClN6O5S/c1-20-29(26-12-5-6-13-28(26)40(20)46(44,45)25-10-3-2-4-11-25)30-27(34)19-35-32(39-30)37-24-9-7-8-23(18-24)36-31(41)21-14-16-22(17-15-21)38-33(42)43/h2-6,10-17,19,23-24,38H,7-9,18H2,1H3,(H,36,41)(H,42,43)(H,35,37,39)/t23-,24+/m0/s1. The van der Waals surface area contributed by atoms with E-state index in [0.717, 1.165) is 19.3 Å². The second kappa shape index (κ2) is 12.8. The second-order valence-electron chi connectivity index (χ2n) is 11.1. The number of anilines is 2. The Labute approximate surface area is 270 Å². The van der Waals surface area contributed by atoms with Crippen molar-refractivity contribution in [3.05, 3.63) is 101 Å².